The number of hydrogen-bond acceptors (Lipinski definition) is 5. The molecule has 0 radical (unpaired) electrons. The molecule has 0 saturated carbocycles. The van der Waals surface area contributed by atoms with E-state index >= 15 is 0 Å². The number of carbonyl (C=O) groups excluding carboxylic acids is 1. The number of hydrogen-bond donors (Lipinski definition) is 3. The van der Waals surface area contributed by atoms with Gasteiger partial charge in [0.15, 0.2) is 0 Å². The Morgan fingerprint density at radius 3 is 2.88 bits per heavy atom. The van der Waals surface area contributed by atoms with Gasteiger partial charge in [-0.15, -0.1) is 0 Å². The molecule has 0 aromatic carbocycles. The number of amides is 1. The lowest BCUT2D eigenvalue weighted by atomic mass is 10.1. The molecule has 0 bridgehead atoms. The molecule has 0 aromatic rings. The molecule has 1 saturated heterocycles. The molecular weight excluding hydrogens is 246 g/mol. The lowest BCUT2D eigenvalue weighted by molar-refractivity contribution is 0.158. The summed E-state index contributed by atoms with van der Waals surface area (Å²) in [5.41, 5.74) is 0. The minimum Gasteiger partial charge on any atom is -0.449 e. The van der Waals surface area contributed by atoms with Crippen LogP contribution >= 0.6 is 0 Å². The van der Waals surface area contributed by atoms with E-state index in [1.807, 2.05) is 0 Å². The van der Waals surface area contributed by atoms with E-state index in [2.05, 4.69) is 14.8 Å². The van der Waals surface area contributed by atoms with E-state index in [1.165, 1.54) is 0 Å². The second-order valence-electron chi connectivity index (χ2n) is 3.82. The zero-order chi connectivity index (χ0) is 12.7. The number of ether oxygens (including phenoxy) is 1. The third-order valence-corrected chi connectivity index (χ3v) is 3.47. The van der Waals surface area contributed by atoms with Crippen LogP contribution in [0.1, 0.15) is 26.2 Å². The zero-order valence-corrected chi connectivity index (χ0v) is 10.7. The van der Waals surface area contributed by atoms with Gasteiger partial charge in [-0.25, -0.2) is 9.52 Å². The molecule has 100 valence electrons. The van der Waals surface area contributed by atoms with Gasteiger partial charge in [-0.2, -0.15) is 13.1 Å². The summed E-state index contributed by atoms with van der Waals surface area (Å²) in [7, 11) is -3.82. The van der Waals surface area contributed by atoms with Crippen molar-refractivity contribution in [3.8, 4) is 0 Å². The van der Waals surface area contributed by atoms with Gasteiger partial charge < -0.3 is 10.1 Å². The fourth-order valence-electron chi connectivity index (χ4n) is 1.66. The Hall–Kier alpha value is -0.860. The van der Waals surface area contributed by atoms with Crippen molar-refractivity contribution in [3.05, 3.63) is 0 Å². The van der Waals surface area contributed by atoms with Crippen molar-refractivity contribution in [2.24, 2.45) is 0 Å². The van der Waals surface area contributed by atoms with E-state index < -0.39 is 16.3 Å². The maximum absolute atomic E-state index is 11.6. The van der Waals surface area contributed by atoms with Crippen molar-refractivity contribution < 1.29 is 17.9 Å². The molecule has 1 rings (SSSR count). The van der Waals surface area contributed by atoms with E-state index in [9.17, 15) is 13.2 Å². The van der Waals surface area contributed by atoms with E-state index in [0.29, 0.717) is 6.42 Å². The normalized spacial score (nSPS) is 21.6. The van der Waals surface area contributed by atoms with Gasteiger partial charge in [-0.1, -0.05) is 0 Å². The first-order valence-electron chi connectivity index (χ1n) is 5.71. The van der Waals surface area contributed by atoms with Crippen molar-refractivity contribution >= 4 is 16.3 Å². The van der Waals surface area contributed by atoms with Crippen LogP contribution in [0.5, 0.6) is 0 Å². The summed E-state index contributed by atoms with van der Waals surface area (Å²) in [6.07, 6.45) is 1.43. The van der Waals surface area contributed by atoms with Gasteiger partial charge in [0.25, 0.3) is 0 Å². The summed E-state index contributed by atoms with van der Waals surface area (Å²) in [6, 6.07) is -0.142. The molecule has 3 N–H and O–H groups in total. The van der Waals surface area contributed by atoms with E-state index in [4.69, 9.17) is 0 Å². The maximum Gasteiger partial charge on any atom is 0.421 e. The topological polar surface area (TPSA) is 96.5 Å². The highest BCUT2D eigenvalue weighted by Gasteiger charge is 2.21. The van der Waals surface area contributed by atoms with Crippen LogP contribution in [0.2, 0.25) is 0 Å². The molecule has 1 atom stereocenters. The summed E-state index contributed by atoms with van der Waals surface area (Å²) in [5.74, 6) is 0. The molecular formula is C9H19N3O4S. The Bertz CT molecular complexity index is 336. The number of rotatable bonds is 4. The van der Waals surface area contributed by atoms with Gasteiger partial charge in [-0.05, 0) is 39.3 Å². The van der Waals surface area contributed by atoms with Crippen LogP contribution < -0.4 is 14.8 Å². The summed E-state index contributed by atoms with van der Waals surface area (Å²) >= 11 is 0. The van der Waals surface area contributed by atoms with E-state index in [0.717, 1.165) is 25.9 Å². The number of carbonyl (C=O) groups is 1. The van der Waals surface area contributed by atoms with Crippen molar-refractivity contribution in [3.63, 3.8) is 0 Å². The molecule has 1 aliphatic rings. The van der Waals surface area contributed by atoms with E-state index in [-0.39, 0.29) is 12.6 Å². The first-order valence-corrected chi connectivity index (χ1v) is 7.19. The summed E-state index contributed by atoms with van der Waals surface area (Å²) in [6.45, 7) is 3.40. The molecule has 0 spiro atoms. The van der Waals surface area contributed by atoms with Crippen LogP contribution in [-0.4, -0.2) is 40.2 Å². The average molecular weight is 265 g/mol. The highest BCUT2D eigenvalue weighted by atomic mass is 32.2. The molecule has 17 heavy (non-hydrogen) atoms. The van der Waals surface area contributed by atoms with Crippen LogP contribution in [-0.2, 0) is 14.9 Å². The average Bonchev–Trinajstić information content (AvgIpc) is 2.44. The zero-order valence-electron chi connectivity index (χ0n) is 9.86. The lowest BCUT2D eigenvalue weighted by Gasteiger charge is -2.16. The Morgan fingerprint density at radius 2 is 2.18 bits per heavy atom. The fraction of sp³-hybridized carbons (Fsp3) is 0.889. The molecule has 1 fully saturated rings. The Balaban J connectivity index is 2.44. The minimum absolute atomic E-state index is 0.134. The quantitative estimate of drug-likeness (QED) is 0.649. The van der Waals surface area contributed by atoms with Crippen molar-refractivity contribution in [1.29, 1.82) is 0 Å². The second kappa shape index (κ2) is 6.77. The Kier molecular flexibility index (Phi) is 5.66. The minimum atomic E-state index is -3.82. The molecule has 1 unspecified atom stereocenters. The monoisotopic (exact) mass is 265 g/mol. The molecule has 1 heterocycles. The predicted octanol–water partition coefficient (Wildman–Crippen LogP) is -0.291. The predicted molar refractivity (Wildman–Crippen MR) is 62.7 cm³/mol. The Labute approximate surface area is 101 Å². The van der Waals surface area contributed by atoms with Crippen LogP contribution in [0.4, 0.5) is 4.79 Å². The largest absolute Gasteiger partial charge is 0.449 e. The third-order valence-electron chi connectivity index (χ3n) is 2.39. The smallest absolute Gasteiger partial charge is 0.421 e. The van der Waals surface area contributed by atoms with Gasteiger partial charge >= 0.3 is 16.3 Å². The lowest BCUT2D eigenvalue weighted by Crippen LogP contribution is -2.45. The first kappa shape index (κ1) is 14.2. The first-order chi connectivity index (χ1) is 8.03. The number of nitrogens with one attached hydrogen (secondary N) is 3. The highest BCUT2D eigenvalue weighted by molar-refractivity contribution is 7.88. The van der Waals surface area contributed by atoms with E-state index in [1.54, 1.807) is 11.6 Å². The van der Waals surface area contributed by atoms with Gasteiger partial charge in [-0.3, -0.25) is 0 Å². The molecule has 7 nitrogen and oxygen atoms in total. The Morgan fingerprint density at radius 1 is 1.41 bits per heavy atom. The molecule has 8 heteroatoms. The highest BCUT2D eigenvalue weighted by Crippen LogP contribution is 2.05. The molecule has 0 aromatic heterocycles. The molecule has 1 amide bonds. The molecule has 1 aliphatic heterocycles. The SMILES string of the molecule is CCOC(=O)NS(=O)(=O)NC1CCCNCC1. The van der Waals surface area contributed by atoms with Gasteiger partial charge in [0.1, 0.15) is 0 Å². The van der Waals surface area contributed by atoms with Gasteiger partial charge in [0, 0.05) is 6.04 Å². The summed E-state index contributed by atoms with van der Waals surface area (Å²) in [4.78, 5) is 11.0. The standard InChI is InChI=1S/C9H19N3O4S/c1-2-16-9(13)12-17(14,15)11-8-4-3-6-10-7-5-8/h8,10-11H,2-7H2,1H3,(H,12,13). The maximum atomic E-state index is 11.6. The molecule has 0 aliphatic carbocycles. The van der Waals surface area contributed by atoms with Gasteiger partial charge in [0.2, 0.25) is 0 Å². The van der Waals surface area contributed by atoms with Crippen LogP contribution in [0, 0.1) is 0 Å². The van der Waals surface area contributed by atoms with Crippen molar-refractivity contribution in [2.45, 2.75) is 32.2 Å². The third kappa shape index (κ3) is 5.85. The van der Waals surface area contributed by atoms with Crippen LogP contribution in [0.3, 0.4) is 0 Å². The summed E-state index contributed by atoms with van der Waals surface area (Å²) < 4.78 is 31.9. The van der Waals surface area contributed by atoms with Crippen molar-refractivity contribution in [2.75, 3.05) is 19.7 Å². The van der Waals surface area contributed by atoms with Gasteiger partial charge in [0.05, 0.1) is 6.61 Å². The second-order valence-corrected chi connectivity index (χ2v) is 5.27. The van der Waals surface area contributed by atoms with Crippen LogP contribution in [0.25, 0.3) is 0 Å². The van der Waals surface area contributed by atoms with Crippen LogP contribution in [0.15, 0.2) is 0 Å². The van der Waals surface area contributed by atoms with Crippen molar-refractivity contribution in [1.82, 2.24) is 14.8 Å². The summed E-state index contributed by atoms with van der Waals surface area (Å²) in [5, 5.41) is 3.18. The fourth-order valence-corrected chi connectivity index (χ4v) is 2.67.